The van der Waals surface area contributed by atoms with Crippen LogP contribution in [-0.2, 0) is 28.6 Å². The molecule has 0 radical (unpaired) electrons. The van der Waals surface area contributed by atoms with Gasteiger partial charge in [-0.3, -0.25) is 14.4 Å². The number of ether oxygens (including phenoxy) is 3. The number of carbonyl (C=O) groups is 3. The van der Waals surface area contributed by atoms with Crippen molar-refractivity contribution in [3.63, 3.8) is 0 Å². The van der Waals surface area contributed by atoms with Crippen molar-refractivity contribution in [2.75, 3.05) is 13.2 Å². The summed E-state index contributed by atoms with van der Waals surface area (Å²) in [6.45, 7) is 6.47. The minimum absolute atomic E-state index is 0.0868. The first-order chi connectivity index (χ1) is 37.5. The smallest absolute Gasteiger partial charge is 0.306 e. The fraction of sp³-hybridized carbons (Fsp3) is 0.757. The van der Waals surface area contributed by atoms with E-state index in [1.807, 2.05) is 0 Å². The van der Waals surface area contributed by atoms with Crippen LogP contribution in [0.15, 0.2) is 85.1 Å². The van der Waals surface area contributed by atoms with Gasteiger partial charge in [0.1, 0.15) is 13.2 Å². The van der Waals surface area contributed by atoms with Crippen LogP contribution in [0.1, 0.15) is 323 Å². The molecule has 1 unspecified atom stereocenters. The second-order valence-electron chi connectivity index (χ2n) is 21.6. The molecule has 0 bridgehead atoms. The molecule has 0 saturated carbocycles. The van der Waals surface area contributed by atoms with Crippen molar-refractivity contribution in [1.29, 1.82) is 0 Å². The van der Waals surface area contributed by atoms with E-state index in [1.54, 1.807) is 0 Å². The molecule has 0 aliphatic heterocycles. The van der Waals surface area contributed by atoms with Crippen LogP contribution in [0.3, 0.4) is 0 Å². The van der Waals surface area contributed by atoms with E-state index in [4.69, 9.17) is 14.2 Å². The Labute approximate surface area is 471 Å². The fourth-order valence-electron chi connectivity index (χ4n) is 9.27. The predicted molar refractivity (Wildman–Crippen MR) is 330 cm³/mol. The molecule has 0 aliphatic carbocycles. The highest BCUT2D eigenvalue weighted by atomic mass is 16.6. The molecule has 0 aliphatic rings. The lowest BCUT2D eigenvalue weighted by molar-refractivity contribution is -0.167. The van der Waals surface area contributed by atoms with Gasteiger partial charge in [-0.05, 0) is 89.9 Å². The van der Waals surface area contributed by atoms with Crippen molar-refractivity contribution < 1.29 is 28.6 Å². The summed E-state index contributed by atoms with van der Waals surface area (Å²) in [4.78, 5) is 38.3. The summed E-state index contributed by atoms with van der Waals surface area (Å²) in [5.41, 5.74) is 0. The molecule has 0 spiro atoms. The van der Waals surface area contributed by atoms with Gasteiger partial charge in [0.25, 0.3) is 0 Å². The van der Waals surface area contributed by atoms with Gasteiger partial charge < -0.3 is 14.2 Å². The fourth-order valence-corrected chi connectivity index (χ4v) is 9.27. The third-order valence-corrected chi connectivity index (χ3v) is 14.1. The standard InChI is InChI=1S/C70H122O6/c1-4-7-10-13-16-19-22-25-27-29-31-33-34-35-37-38-40-42-45-48-51-54-57-60-63-69(72)75-66-67(65-74-68(71)62-59-56-53-50-47-44-24-21-18-15-12-9-6-3)76-70(73)64-61-58-55-52-49-46-43-41-39-36-32-30-28-26-23-20-17-14-11-8-5-2/h8,11-12,15,17,20-21,24,26,28,32,36,41,43,67H,4-7,9-10,13-14,16,18-19,22-23,25,27,29-31,33-35,37-40,42,44-66H2,1-3H3/b11-8-,15-12-,20-17-,24-21-,28-26-,36-32-,43-41-. The SMILES string of the molecule is CC/C=C\C/C=C\C/C=C\C/C=C\C/C=C\CCCCCCCC(=O)OC(COC(=O)CCCCCCC/C=C\C/C=C\CCC)COC(=O)CCCCCCCCCCCCCCCCCCCCCCCCCC. The second kappa shape index (κ2) is 64.1. The van der Waals surface area contributed by atoms with Gasteiger partial charge in [-0.25, -0.2) is 0 Å². The van der Waals surface area contributed by atoms with Gasteiger partial charge in [-0.1, -0.05) is 298 Å². The first-order valence-corrected chi connectivity index (χ1v) is 32.6. The average molecular weight is 1060 g/mol. The molecular weight excluding hydrogens is 937 g/mol. The number of hydrogen-bond donors (Lipinski definition) is 0. The largest absolute Gasteiger partial charge is 0.462 e. The van der Waals surface area contributed by atoms with Crippen molar-refractivity contribution in [2.24, 2.45) is 0 Å². The Morgan fingerprint density at radius 1 is 0.276 bits per heavy atom. The highest BCUT2D eigenvalue weighted by Crippen LogP contribution is 2.17. The Bertz CT molecular complexity index is 1450. The molecule has 1 atom stereocenters. The van der Waals surface area contributed by atoms with E-state index in [1.165, 1.54) is 141 Å². The Kier molecular flexibility index (Phi) is 61.2. The number of rotatable bonds is 59. The minimum Gasteiger partial charge on any atom is -0.462 e. The number of allylic oxidation sites excluding steroid dienone is 14. The monoisotopic (exact) mass is 1060 g/mol. The van der Waals surface area contributed by atoms with Crippen LogP contribution in [-0.4, -0.2) is 37.2 Å². The van der Waals surface area contributed by atoms with Crippen LogP contribution in [0.25, 0.3) is 0 Å². The lowest BCUT2D eigenvalue weighted by Crippen LogP contribution is -2.30. The van der Waals surface area contributed by atoms with Crippen molar-refractivity contribution in [2.45, 2.75) is 329 Å². The highest BCUT2D eigenvalue weighted by Gasteiger charge is 2.19. The van der Waals surface area contributed by atoms with Crippen LogP contribution in [0, 0.1) is 0 Å². The lowest BCUT2D eigenvalue weighted by Gasteiger charge is -2.18. The maximum Gasteiger partial charge on any atom is 0.306 e. The van der Waals surface area contributed by atoms with Gasteiger partial charge >= 0.3 is 17.9 Å². The molecule has 6 heteroatoms. The highest BCUT2D eigenvalue weighted by molar-refractivity contribution is 5.71. The normalized spacial score (nSPS) is 12.6. The first-order valence-electron chi connectivity index (χ1n) is 32.6. The van der Waals surface area contributed by atoms with Crippen molar-refractivity contribution in [3.8, 4) is 0 Å². The van der Waals surface area contributed by atoms with E-state index < -0.39 is 6.10 Å². The van der Waals surface area contributed by atoms with E-state index >= 15 is 0 Å². The topological polar surface area (TPSA) is 78.9 Å². The molecular formula is C70H122O6. The third-order valence-electron chi connectivity index (χ3n) is 14.1. The minimum atomic E-state index is -0.793. The molecule has 0 fully saturated rings. The molecule has 0 aromatic rings. The van der Waals surface area contributed by atoms with Gasteiger partial charge in [0.05, 0.1) is 0 Å². The summed E-state index contributed by atoms with van der Waals surface area (Å²) < 4.78 is 16.9. The number of esters is 3. The van der Waals surface area contributed by atoms with Crippen LogP contribution in [0.5, 0.6) is 0 Å². The zero-order chi connectivity index (χ0) is 55.0. The molecule has 76 heavy (non-hydrogen) atoms. The van der Waals surface area contributed by atoms with E-state index in [0.717, 1.165) is 141 Å². The predicted octanol–water partition coefficient (Wildman–Crippen LogP) is 22.3. The van der Waals surface area contributed by atoms with Crippen molar-refractivity contribution in [3.05, 3.63) is 85.1 Å². The van der Waals surface area contributed by atoms with Gasteiger partial charge in [-0.2, -0.15) is 0 Å². The number of unbranched alkanes of at least 4 members (excludes halogenated alkanes) is 34. The molecule has 0 aromatic heterocycles. The summed E-state index contributed by atoms with van der Waals surface area (Å²) in [5.74, 6) is -0.907. The summed E-state index contributed by atoms with van der Waals surface area (Å²) >= 11 is 0. The third kappa shape index (κ3) is 61.4. The maximum absolute atomic E-state index is 12.9. The summed E-state index contributed by atoms with van der Waals surface area (Å²) in [6.07, 6.45) is 84.5. The van der Waals surface area contributed by atoms with Crippen LogP contribution in [0.2, 0.25) is 0 Å². The Morgan fingerprint density at radius 2 is 0.539 bits per heavy atom. The zero-order valence-electron chi connectivity index (χ0n) is 50.3. The molecule has 0 amide bonds. The van der Waals surface area contributed by atoms with Crippen LogP contribution >= 0.6 is 0 Å². The molecule has 438 valence electrons. The van der Waals surface area contributed by atoms with Gasteiger partial charge in [-0.15, -0.1) is 0 Å². The van der Waals surface area contributed by atoms with Gasteiger partial charge in [0.15, 0.2) is 6.10 Å². The summed E-state index contributed by atoms with van der Waals surface area (Å²) in [6, 6.07) is 0. The quantitative estimate of drug-likeness (QED) is 0.0261. The Balaban J connectivity index is 4.33. The van der Waals surface area contributed by atoms with E-state index in [9.17, 15) is 14.4 Å². The maximum atomic E-state index is 12.9. The Morgan fingerprint density at radius 3 is 0.855 bits per heavy atom. The number of hydrogen-bond acceptors (Lipinski definition) is 6. The zero-order valence-corrected chi connectivity index (χ0v) is 50.3. The summed E-state index contributed by atoms with van der Waals surface area (Å²) in [5, 5.41) is 0. The molecule has 0 rings (SSSR count). The molecule has 0 saturated heterocycles. The molecule has 0 heterocycles. The van der Waals surface area contributed by atoms with Crippen LogP contribution < -0.4 is 0 Å². The Hall–Kier alpha value is -3.41. The molecule has 0 N–H and O–H groups in total. The van der Waals surface area contributed by atoms with E-state index in [2.05, 4.69) is 106 Å². The van der Waals surface area contributed by atoms with Gasteiger partial charge in [0.2, 0.25) is 0 Å². The van der Waals surface area contributed by atoms with E-state index in [0.29, 0.717) is 19.3 Å². The molecule has 0 aromatic carbocycles. The van der Waals surface area contributed by atoms with Crippen molar-refractivity contribution >= 4 is 17.9 Å². The average Bonchev–Trinajstić information content (AvgIpc) is 3.42. The molecule has 6 nitrogen and oxygen atoms in total. The van der Waals surface area contributed by atoms with Crippen LogP contribution in [0.4, 0.5) is 0 Å². The number of carbonyl (C=O) groups excluding carboxylic acids is 3. The lowest BCUT2D eigenvalue weighted by atomic mass is 10.0. The van der Waals surface area contributed by atoms with E-state index in [-0.39, 0.29) is 31.1 Å². The van der Waals surface area contributed by atoms with Gasteiger partial charge in [0, 0.05) is 19.3 Å². The first kappa shape index (κ1) is 72.6. The second-order valence-corrected chi connectivity index (χ2v) is 21.6. The summed E-state index contributed by atoms with van der Waals surface area (Å²) in [7, 11) is 0. The van der Waals surface area contributed by atoms with Crippen molar-refractivity contribution in [1.82, 2.24) is 0 Å².